The maximum Gasteiger partial charge on any atom is 0.335 e. The second-order valence-corrected chi connectivity index (χ2v) is 13.8. The summed E-state index contributed by atoms with van der Waals surface area (Å²) < 4.78 is 16.5. The van der Waals surface area contributed by atoms with Crippen LogP contribution in [-0.2, 0) is 20.8 Å². The van der Waals surface area contributed by atoms with Crippen molar-refractivity contribution in [2.75, 3.05) is 49.5 Å². The highest BCUT2D eigenvalue weighted by Crippen LogP contribution is 2.37. The molecule has 300 valence electrons. The van der Waals surface area contributed by atoms with Gasteiger partial charge in [0.05, 0.1) is 35.5 Å². The summed E-state index contributed by atoms with van der Waals surface area (Å²) in [6.07, 6.45) is -3.10. The van der Waals surface area contributed by atoms with Crippen LogP contribution in [0, 0.1) is 5.82 Å². The molecule has 1 saturated heterocycles. The summed E-state index contributed by atoms with van der Waals surface area (Å²) in [5.74, 6) is -3.70. The number of nitrogens with zero attached hydrogens (tertiary/aromatic N) is 7. The van der Waals surface area contributed by atoms with E-state index in [0.29, 0.717) is 16.8 Å². The number of halogens is 2. The van der Waals surface area contributed by atoms with Gasteiger partial charge in [-0.1, -0.05) is 23.7 Å². The summed E-state index contributed by atoms with van der Waals surface area (Å²) in [4.78, 5) is 57.6. The SMILES string of the molecule is O=C(O)c1ccc(NC(=O)C2c3cccc(N4CCN(CC(O)C(O)C(O)C(O)CO)CC4=O)c3CCN2C(=O)/C=C/c2c(-n3cnnn3)ccc(Cl)c2F)cc1. The number of aromatic carboxylic acids is 1. The molecule has 2 aliphatic rings. The van der Waals surface area contributed by atoms with Crippen molar-refractivity contribution in [1.29, 1.82) is 0 Å². The first-order valence-corrected chi connectivity index (χ1v) is 18.0. The van der Waals surface area contributed by atoms with Gasteiger partial charge < -0.3 is 45.8 Å². The highest BCUT2D eigenvalue weighted by Gasteiger charge is 2.39. The van der Waals surface area contributed by atoms with Crippen LogP contribution in [0.5, 0.6) is 0 Å². The molecule has 7 N–H and O–H groups in total. The van der Waals surface area contributed by atoms with Crippen molar-refractivity contribution >= 4 is 52.7 Å². The maximum absolute atomic E-state index is 15.3. The molecule has 0 aliphatic carbocycles. The second-order valence-electron chi connectivity index (χ2n) is 13.4. The average molecular weight is 809 g/mol. The van der Waals surface area contributed by atoms with E-state index in [1.54, 1.807) is 23.1 Å². The van der Waals surface area contributed by atoms with Gasteiger partial charge in [-0.25, -0.2) is 9.18 Å². The number of β-amino-alcohol motifs (C(OH)–C–C–N with tert-alkyl or cyclic N) is 1. The minimum Gasteiger partial charge on any atom is -0.478 e. The van der Waals surface area contributed by atoms with Crippen LogP contribution in [0.4, 0.5) is 15.8 Å². The number of aliphatic hydroxyl groups excluding tert-OH is 5. The molecule has 57 heavy (non-hydrogen) atoms. The van der Waals surface area contributed by atoms with Crippen molar-refractivity contribution in [3.05, 3.63) is 100 Å². The molecule has 2 aliphatic heterocycles. The number of carboxylic acid groups (broad SMARTS) is 1. The number of hydrogen-bond acceptors (Lipinski definition) is 13. The molecule has 3 heterocycles. The molecule has 20 heteroatoms. The smallest absolute Gasteiger partial charge is 0.335 e. The number of piperazine rings is 1. The average Bonchev–Trinajstić information content (AvgIpc) is 3.75. The molecule has 3 amide bonds. The Morgan fingerprint density at radius 2 is 1.70 bits per heavy atom. The van der Waals surface area contributed by atoms with E-state index in [1.807, 2.05) is 0 Å². The molecule has 4 aromatic rings. The number of carbonyl (C=O) groups is 4. The van der Waals surface area contributed by atoms with Crippen LogP contribution < -0.4 is 10.2 Å². The third-order valence-corrected chi connectivity index (χ3v) is 10.1. The number of aliphatic hydroxyl groups is 5. The van der Waals surface area contributed by atoms with Gasteiger partial charge in [-0.15, -0.1) is 5.10 Å². The molecular weight excluding hydrogens is 771 g/mol. The van der Waals surface area contributed by atoms with Gasteiger partial charge in [0.2, 0.25) is 11.8 Å². The van der Waals surface area contributed by atoms with E-state index in [2.05, 4.69) is 20.8 Å². The molecular formula is C37H38ClFN8O10. The first-order valence-electron chi connectivity index (χ1n) is 17.6. The number of tetrazole rings is 1. The van der Waals surface area contributed by atoms with E-state index < -0.39 is 60.7 Å². The molecule has 18 nitrogen and oxygen atoms in total. The molecule has 1 aromatic heterocycles. The third-order valence-electron chi connectivity index (χ3n) is 9.79. The number of amides is 3. The number of rotatable bonds is 13. The lowest BCUT2D eigenvalue weighted by Crippen LogP contribution is -2.55. The van der Waals surface area contributed by atoms with Crippen molar-refractivity contribution in [3.63, 3.8) is 0 Å². The van der Waals surface area contributed by atoms with Crippen molar-refractivity contribution in [2.45, 2.75) is 36.9 Å². The summed E-state index contributed by atoms with van der Waals surface area (Å²) in [5.41, 5.74) is 1.82. The summed E-state index contributed by atoms with van der Waals surface area (Å²) in [7, 11) is 0. The Kier molecular flexibility index (Phi) is 12.7. The van der Waals surface area contributed by atoms with Gasteiger partial charge in [0.25, 0.3) is 5.91 Å². The molecule has 0 spiro atoms. The molecule has 0 radical (unpaired) electrons. The lowest BCUT2D eigenvalue weighted by Gasteiger charge is -2.40. The fourth-order valence-corrected chi connectivity index (χ4v) is 7.00. The standard InChI is InChI=1S/C37H38ClFN8O10/c38-25-9-10-27(47-19-40-42-43-47)24(32(25)39)8-11-30(51)46-13-12-22-23(33(46)36(55)41-21-6-4-20(5-7-21)37(56)57)2-1-3-26(22)45-15-14-44(17-31(45)52)16-28(49)34(53)35(54)29(50)18-48/h1-11,19,28-29,33-35,48-50,53-54H,12-18H2,(H,41,55)(H,56,57)/b11-8+. The van der Waals surface area contributed by atoms with Crippen LogP contribution in [0.2, 0.25) is 5.02 Å². The largest absolute Gasteiger partial charge is 0.478 e. The zero-order valence-electron chi connectivity index (χ0n) is 30.0. The molecule has 5 unspecified atom stereocenters. The van der Waals surface area contributed by atoms with Crippen molar-refractivity contribution < 1.29 is 54.2 Å². The highest BCUT2D eigenvalue weighted by atomic mass is 35.5. The van der Waals surface area contributed by atoms with Gasteiger partial charge >= 0.3 is 5.97 Å². The monoisotopic (exact) mass is 808 g/mol. The van der Waals surface area contributed by atoms with E-state index in [4.69, 9.17) is 16.7 Å². The highest BCUT2D eigenvalue weighted by molar-refractivity contribution is 6.31. The Morgan fingerprint density at radius 1 is 0.965 bits per heavy atom. The van der Waals surface area contributed by atoms with Crippen molar-refractivity contribution in [1.82, 2.24) is 30.0 Å². The van der Waals surface area contributed by atoms with Gasteiger partial charge in [-0.05, 0) is 76.5 Å². The van der Waals surface area contributed by atoms with E-state index in [0.717, 1.165) is 6.08 Å². The van der Waals surface area contributed by atoms with Crippen molar-refractivity contribution in [2.24, 2.45) is 0 Å². The Morgan fingerprint density at radius 3 is 2.37 bits per heavy atom. The lowest BCUT2D eigenvalue weighted by atomic mass is 9.89. The number of fused-ring (bicyclic) bond motifs is 1. The van der Waals surface area contributed by atoms with Crippen LogP contribution >= 0.6 is 11.6 Å². The van der Waals surface area contributed by atoms with Crippen molar-refractivity contribution in [3.8, 4) is 5.69 Å². The van der Waals surface area contributed by atoms with Crippen LogP contribution in [0.1, 0.15) is 33.1 Å². The van der Waals surface area contributed by atoms with E-state index in [-0.39, 0.29) is 72.6 Å². The maximum atomic E-state index is 15.3. The van der Waals surface area contributed by atoms with Crippen LogP contribution in [-0.4, -0.2) is 148 Å². The Bertz CT molecular complexity index is 2160. The molecule has 1 fully saturated rings. The predicted octanol–water partition coefficient (Wildman–Crippen LogP) is 0.0154. The minimum absolute atomic E-state index is 0.00887. The molecule has 6 rings (SSSR count). The van der Waals surface area contributed by atoms with Gasteiger partial charge in [0.1, 0.15) is 30.7 Å². The third kappa shape index (κ3) is 8.84. The number of carbonyl (C=O) groups excluding carboxylic acids is 3. The second kappa shape index (κ2) is 17.6. The molecule has 0 bridgehead atoms. The van der Waals surface area contributed by atoms with E-state index >= 15 is 4.39 Å². The van der Waals surface area contributed by atoms with Gasteiger partial charge in [0.15, 0.2) is 5.82 Å². The number of hydrogen-bond donors (Lipinski definition) is 7. The fourth-order valence-electron chi connectivity index (χ4n) is 6.83. The van der Waals surface area contributed by atoms with E-state index in [9.17, 15) is 44.7 Å². The van der Waals surface area contributed by atoms with E-state index in [1.165, 1.54) is 63.3 Å². The lowest BCUT2D eigenvalue weighted by molar-refractivity contribution is -0.135. The Labute approximate surface area is 328 Å². The topological polar surface area (TPSA) is 255 Å². The molecule has 3 aromatic carbocycles. The quantitative estimate of drug-likeness (QED) is 0.0880. The fraction of sp³-hybridized carbons (Fsp3) is 0.324. The zero-order chi connectivity index (χ0) is 41.0. The number of carboxylic acids is 1. The summed E-state index contributed by atoms with van der Waals surface area (Å²) in [6, 6.07) is 11.9. The summed E-state index contributed by atoms with van der Waals surface area (Å²) in [5, 5.41) is 72.3. The van der Waals surface area contributed by atoms with Gasteiger partial charge in [0, 0.05) is 49.2 Å². The normalized spacial score (nSPS) is 18.2. The van der Waals surface area contributed by atoms with Crippen LogP contribution in [0.25, 0.3) is 11.8 Å². The number of benzene rings is 3. The zero-order valence-corrected chi connectivity index (χ0v) is 30.7. The number of aromatic nitrogens is 4. The Hall–Kier alpha value is -5.67. The molecule has 5 atom stereocenters. The number of nitrogens with one attached hydrogen (secondary N) is 1. The molecule has 0 saturated carbocycles. The summed E-state index contributed by atoms with van der Waals surface area (Å²) >= 11 is 6.07. The van der Waals surface area contributed by atoms with Crippen LogP contribution in [0.15, 0.2) is 67.0 Å². The Balaban J connectivity index is 1.28. The minimum atomic E-state index is -1.82. The first-order chi connectivity index (χ1) is 27.3. The first kappa shape index (κ1) is 41.0. The van der Waals surface area contributed by atoms with Gasteiger partial charge in [-0.3, -0.25) is 19.3 Å². The number of anilines is 2. The summed E-state index contributed by atoms with van der Waals surface area (Å²) in [6.45, 7) is -0.893. The predicted molar refractivity (Wildman–Crippen MR) is 200 cm³/mol. The van der Waals surface area contributed by atoms with Gasteiger partial charge in [-0.2, -0.15) is 4.68 Å². The van der Waals surface area contributed by atoms with Crippen LogP contribution in [0.3, 0.4) is 0 Å².